The lowest BCUT2D eigenvalue weighted by Crippen LogP contribution is -2.35. The van der Waals surface area contributed by atoms with E-state index < -0.39 is 11.5 Å². The first-order chi connectivity index (χ1) is 15.3. The van der Waals surface area contributed by atoms with Crippen molar-refractivity contribution >= 4 is 23.5 Å². The molecule has 1 saturated heterocycles. The fraction of sp³-hybridized carbons (Fsp3) is 0.346. The van der Waals surface area contributed by atoms with Crippen molar-refractivity contribution in [1.29, 1.82) is 0 Å². The third-order valence-electron chi connectivity index (χ3n) is 6.47. The summed E-state index contributed by atoms with van der Waals surface area (Å²) in [6, 6.07) is 14.2. The van der Waals surface area contributed by atoms with Crippen LogP contribution in [0.3, 0.4) is 0 Å². The van der Waals surface area contributed by atoms with E-state index in [-0.39, 0.29) is 23.7 Å². The van der Waals surface area contributed by atoms with Gasteiger partial charge in [-0.3, -0.25) is 14.4 Å². The molecule has 4 rings (SSSR count). The lowest BCUT2D eigenvalue weighted by atomic mass is 9.75. The van der Waals surface area contributed by atoms with Gasteiger partial charge in [-0.1, -0.05) is 54.1 Å². The van der Waals surface area contributed by atoms with Crippen LogP contribution in [0.15, 0.2) is 60.7 Å². The van der Waals surface area contributed by atoms with Gasteiger partial charge in [0.1, 0.15) is 6.04 Å². The van der Waals surface area contributed by atoms with Crippen LogP contribution < -0.4 is 10.6 Å². The van der Waals surface area contributed by atoms with Gasteiger partial charge in [0.2, 0.25) is 5.91 Å². The second kappa shape index (κ2) is 8.61. The molecule has 0 spiro atoms. The predicted octanol–water partition coefficient (Wildman–Crippen LogP) is 3.86. The monoisotopic (exact) mass is 432 g/mol. The van der Waals surface area contributed by atoms with Gasteiger partial charge in [0.25, 0.3) is 5.91 Å². The zero-order chi connectivity index (χ0) is 22.9. The van der Waals surface area contributed by atoms with E-state index in [1.54, 1.807) is 0 Å². The predicted molar refractivity (Wildman–Crippen MR) is 122 cm³/mol. The van der Waals surface area contributed by atoms with Gasteiger partial charge >= 0.3 is 5.97 Å². The number of fused-ring (bicyclic) bond motifs is 1. The molecule has 6 nitrogen and oxygen atoms in total. The van der Waals surface area contributed by atoms with Crippen molar-refractivity contribution in [2.45, 2.75) is 39.2 Å². The number of rotatable bonds is 6. The highest BCUT2D eigenvalue weighted by molar-refractivity contribution is 5.97. The van der Waals surface area contributed by atoms with Gasteiger partial charge in [-0.25, -0.2) is 0 Å². The molecule has 1 aliphatic heterocycles. The van der Waals surface area contributed by atoms with Crippen LogP contribution in [0.1, 0.15) is 42.5 Å². The van der Waals surface area contributed by atoms with E-state index >= 15 is 0 Å². The van der Waals surface area contributed by atoms with E-state index in [1.807, 2.05) is 55.5 Å². The zero-order valence-electron chi connectivity index (χ0n) is 18.4. The summed E-state index contributed by atoms with van der Waals surface area (Å²) in [5.41, 5.74) is 4.02. The maximum Gasteiger partial charge on any atom is 0.313 e. The van der Waals surface area contributed by atoms with E-state index in [4.69, 9.17) is 4.74 Å². The van der Waals surface area contributed by atoms with Crippen LogP contribution in [0.5, 0.6) is 0 Å². The molecule has 2 fully saturated rings. The molecule has 1 heterocycles. The Morgan fingerprint density at radius 3 is 2.50 bits per heavy atom. The van der Waals surface area contributed by atoms with Crippen molar-refractivity contribution in [2.75, 3.05) is 11.9 Å². The average molecular weight is 433 g/mol. The summed E-state index contributed by atoms with van der Waals surface area (Å²) in [6.07, 6.45) is 2.11. The topological polar surface area (TPSA) is 84.5 Å². The molecular weight excluding hydrogens is 404 g/mol. The number of allylic oxidation sites excluding steroid dienone is 1. The molecule has 0 bridgehead atoms. The van der Waals surface area contributed by atoms with Crippen LogP contribution >= 0.6 is 0 Å². The van der Waals surface area contributed by atoms with E-state index in [0.29, 0.717) is 30.7 Å². The highest BCUT2D eigenvalue weighted by Crippen LogP contribution is 2.52. The lowest BCUT2D eigenvalue weighted by Gasteiger charge is -2.24. The van der Waals surface area contributed by atoms with Crippen LogP contribution in [0, 0.1) is 18.3 Å². The third-order valence-corrected chi connectivity index (χ3v) is 6.47. The van der Waals surface area contributed by atoms with Crippen LogP contribution in [-0.2, 0) is 25.5 Å². The minimum atomic E-state index is -0.787. The van der Waals surface area contributed by atoms with Gasteiger partial charge in [-0.05, 0) is 49.4 Å². The molecular formula is C26H28N2O4. The van der Waals surface area contributed by atoms with Crippen LogP contribution in [0.4, 0.5) is 5.69 Å². The van der Waals surface area contributed by atoms with Gasteiger partial charge in [0.15, 0.2) is 0 Å². The minimum Gasteiger partial charge on any atom is -0.465 e. The molecule has 6 heteroatoms. The first-order valence-electron chi connectivity index (χ1n) is 10.8. The molecule has 0 radical (unpaired) electrons. The molecule has 3 unspecified atom stereocenters. The quantitative estimate of drug-likeness (QED) is 0.536. The first-order valence-corrected chi connectivity index (χ1v) is 10.8. The number of aryl methyl sites for hydroxylation is 1. The molecule has 2 aliphatic rings. The fourth-order valence-electron chi connectivity index (χ4n) is 4.81. The number of ether oxygens (including phenoxy) is 1. The van der Waals surface area contributed by atoms with Crippen molar-refractivity contribution < 1.29 is 19.1 Å². The van der Waals surface area contributed by atoms with Crippen molar-refractivity contribution in [2.24, 2.45) is 11.3 Å². The maximum atomic E-state index is 12.9. The highest BCUT2D eigenvalue weighted by Gasteiger charge is 2.55. The van der Waals surface area contributed by atoms with E-state index in [2.05, 4.69) is 17.2 Å². The molecule has 32 heavy (non-hydrogen) atoms. The van der Waals surface area contributed by atoms with Gasteiger partial charge < -0.3 is 15.4 Å². The number of hydrogen-bond donors (Lipinski definition) is 2. The van der Waals surface area contributed by atoms with Gasteiger partial charge in [0, 0.05) is 18.5 Å². The number of carbonyl (C=O) groups is 3. The van der Waals surface area contributed by atoms with Gasteiger partial charge in [0.05, 0.1) is 12.0 Å². The number of amides is 2. The number of nitrogens with one attached hydrogen (secondary N) is 2. The standard InChI is InChI=1S/C26H28N2O4/c1-16-4-8-20(9-5-16)23(27-18(3)29)24(30)28-22-10-6-19(7-11-22)14-26-13-17(2)12-21(26)15-32-25(26)31/h4-11,21,23H,2,12-15H2,1,3H3,(H,27,29)(H,28,30). The van der Waals surface area contributed by atoms with Crippen molar-refractivity contribution in [3.63, 3.8) is 0 Å². The Hall–Kier alpha value is -3.41. The van der Waals surface area contributed by atoms with Crippen LogP contribution in [0.25, 0.3) is 0 Å². The highest BCUT2D eigenvalue weighted by atomic mass is 16.5. The van der Waals surface area contributed by atoms with Crippen molar-refractivity contribution in [3.05, 3.63) is 77.4 Å². The third kappa shape index (κ3) is 4.31. The number of carbonyl (C=O) groups excluding carboxylic acids is 3. The second-order valence-corrected chi connectivity index (χ2v) is 8.99. The van der Waals surface area contributed by atoms with E-state index in [9.17, 15) is 14.4 Å². The Kier molecular flexibility index (Phi) is 5.87. The number of cyclic esters (lactones) is 1. The molecule has 2 aromatic carbocycles. The van der Waals surface area contributed by atoms with Gasteiger partial charge in [-0.15, -0.1) is 0 Å². The molecule has 2 amide bonds. The Balaban J connectivity index is 1.47. The Labute approximate surface area is 188 Å². The number of hydrogen-bond acceptors (Lipinski definition) is 4. The van der Waals surface area contributed by atoms with Gasteiger partial charge in [-0.2, -0.15) is 0 Å². The molecule has 1 saturated carbocycles. The van der Waals surface area contributed by atoms with Crippen LogP contribution in [0.2, 0.25) is 0 Å². The Bertz CT molecular complexity index is 1060. The van der Waals surface area contributed by atoms with Crippen LogP contribution in [-0.4, -0.2) is 24.4 Å². The normalized spacial score (nSPS) is 22.8. The summed E-state index contributed by atoms with van der Waals surface area (Å²) in [7, 11) is 0. The average Bonchev–Trinajstić information content (AvgIpc) is 3.22. The largest absolute Gasteiger partial charge is 0.465 e. The summed E-state index contributed by atoms with van der Waals surface area (Å²) in [4.78, 5) is 37.1. The Morgan fingerprint density at radius 1 is 1.16 bits per heavy atom. The van der Waals surface area contributed by atoms with Crippen molar-refractivity contribution in [1.82, 2.24) is 5.32 Å². The summed E-state index contributed by atoms with van der Waals surface area (Å²) in [5, 5.41) is 5.60. The van der Waals surface area contributed by atoms with E-state index in [1.165, 1.54) is 6.92 Å². The molecule has 166 valence electrons. The second-order valence-electron chi connectivity index (χ2n) is 8.99. The molecule has 3 atom stereocenters. The maximum absolute atomic E-state index is 12.9. The summed E-state index contributed by atoms with van der Waals surface area (Å²) in [6.45, 7) is 7.91. The molecule has 2 aromatic rings. The molecule has 2 N–H and O–H groups in total. The lowest BCUT2D eigenvalue weighted by molar-refractivity contribution is -0.146. The first kappa shape index (κ1) is 21.8. The molecule has 1 aliphatic carbocycles. The number of anilines is 1. The smallest absolute Gasteiger partial charge is 0.313 e. The van der Waals surface area contributed by atoms with Crippen molar-refractivity contribution in [3.8, 4) is 0 Å². The SMILES string of the molecule is C=C1CC2COC(=O)C2(Cc2ccc(NC(=O)C(NC(C)=O)c3ccc(C)cc3)cc2)C1. The minimum absolute atomic E-state index is 0.130. The number of benzene rings is 2. The summed E-state index contributed by atoms with van der Waals surface area (Å²) in [5.74, 6) is -0.539. The summed E-state index contributed by atoms with van der Waals surface area (Å²) >= 11 is 0. The Morgan fingerprint density at radius 2 is 1.84 bits per heavy atom. The molecule has 0 aromatic heterocycles. The summed E-state index contributed by atoms with van der Waals surface area (Å²) < 4.78 is 5.36. The fourth-order valence-corrected chi connectivity index (χ4v) is 4.81. The zero-order valence-corrected chi connectivity index (χ0v) is 18.4. The number of esters is 1. The van der Waals surface area contributed by atoms with E-state index in [0.717, 1.165) is 23.1 Å².